The van der Waals surface area contributed by atoms with Crippen molar-refractivity contribution in [2.75, 3.05) is 13.7 Å². The van der Waals surface area contributed by atoms with Crippen LogP contribution >= 0.6 is 0 Å². The van der Waals surface area contributed by atoms with Gasteiger partial charge in [0.25, 0.3) is 0 Å². The van der Waals surface area contributed by atoms with Crippen LogP contribution < -0.4 is 5.32 Å². The van der Waals surface area contributed by atoms with Crippen LogP contribution in [0.25, 0.3) is 0 Å². The summed E-state index contributed by atoms with van der Waals surface area (Å²) in [6, 6.07) is -0.661. The summed E-state index contributed by atoms with van der Waals surface area (Å²) in [6.45, 7) is 12.2. The number of carbonyl (C=O) groups is 2. The third-order valence-corrected chi connectivity index (χ3v) is 3.41. The first-order valence-electron chi connectivity index (χ1n) is 7.88. The van der Waals surface area contributed by atoms with Gasteiger partial charge in [-0.3, -0.25) is 4.79 Å². The molecule has 0 radical (unpaired) electrons. The average Bonchev–Trinajstić information content (AvgIpc) is 2.93. The summed E-state index contributed by atoms with van der Waals surface area (Å²) in [5, 5.41) is 2.65. The third-order valence-electron chi connectivity index (χ3n) is 3.41. The maximum Gasteiger partial charge on any atom is 0.407 e. The van der Waals surface area contributed by atoms with Crippen molar-refractivity contribution in [1.29, 1.82) is 0 Å². The minimum Gasteiger partial charge on any atom is -0.453 e. The zero-order valence-electron chi connectivity index (χ0n) is 14.9. The Morgan fingerprint density at radius 1 is 1.32 bits per heavy atom. The van der Waals surface area contributed by atoms with Gasteiger partial charge in [0.15, 0.2) is 0 Å². The number of nitrogens with zero attached hydrogens (tertiary/aromatic N) is 1. The predicted octanol–water partition coefficient (Wildman–Crippen LogP) is 2.80. The number of rotatable bonds is 2. The number of alkyl carbamates (subject to hydrolysis) is 1. The minimum atomic E-state index is -0.616. The van der Waals surface area contributed by atoms with Crippen LogP contribution in [0.1, 0.15) is 54.4 Å². The second-order valence-electron chi connectivity index (χ2n) is 6.02. The Morgan fingerprint density at radius 3 is 2.36 bits per heavy atom. The van der Waals surface area contributed by atoms with Crippen LogP contribution in [-0.4, -0.2) is 42.6 Å². The fourth-order valence-corrected chi connectivity index (χ4v) is 2.34. The molecule has 1 N–H and O–H groups in total. The molecule has 1 aliphatic rings. The fraction of sp³-hybridized carbons (Fsp3) is 0.765. The molecule has 0 saturated carbocycles. The molecule has 5 heteroatoms. The quantitative estimate of drug-likeness (QED) is 0.798. The molecule has 0 aromatic rings. The molecule has 2 atom stereocenters. The van der Waals surface area contributed by atoms with E-state index in [2.05, 4.69) is 21.9 Å². The van der Waals surface area contributed by atoms with E-state index in [1.165, 1.54) is 7.11 Å². The van der Waals surface area contributed by atoms with Crippen LogP contribution in [0.15, 0.2) is 0 Å². The zero-order valence-corrected chi connectivity index (χ0v) is 14.9. The second kappa shape index (κ2) is 9.34. The molecule has 2 unspecified atom stereocenters. The van der Waals surface area contributed by atoms with Crippen molar-refractivity contribution in [1.82, 2.24) is 10.2 Å². The van der Waals surface area contributed by atoms with E-state index in [9.17, 15) is 9.59 Å². The van der Waals surface area contributed by atoms with Gasteiger partial charge in [-0.05, 0) is 25.2 Å². The Balaban J connectivity index is 0.00000211. The molecule has 5 nitrogen and oxygen atoms in total. The van der Waals surface area contributed by atoms with Crippen LogP contribution in [0.3, 0.4) is 0 Å². The molecule has 0 bridgehead atoms. The van der Waals surface area contributed by atoms with Gasteiger partial charge >= 0.3 is 6.09 Å². The Morgan fingerprint density at radius 2 is 1.91 bits per heavy atom. The van der Waals surface area contributed by atoms with E-state index >= 15 is 0 Å². The van der Waals surface area contributed by atoms with Crippen molar-refractivity contribution in [3.05, 3.63) is 0 Å². The van der Waals surface area contributed by atoms with Crippen LogP contribution in [0.5, 0.6) is 0 Å². The van der Waals surface area contributed by atoms with E-state index in [1.807, 2.05) is 34.6 Å². The lowest BCUT2D eigenvalue weighted by Gasteiger charge is -2.34. The number of hydrogen-bond donors (Lipinski definition) is 1. The normalized spacial score (nSPS) is 18.3. The highest BCUT2D eigenvalue weighted by atomic mass is 16.5. The van der Waals surface area contributed by atoms with Crippen LogP contribution in [0.2, 0.25) is 0 Å². The topological polar surface area (TPSA) is 58.6 Å². The van der Waals surface area contributed by atoms with Crippen molar-refractivity contribution in [3.8, 4) is 11.8 Å². The van der Waals surface area contributed by atoms with E-state index in [0.29, 0.717) is 6.54 Å². The summed E-state index contributed by atoms with van der Waals surface area (Å²) in [6.07, 6.45) is 1.25. The molecule has 1 saturated heterocycles. The lowest BCUT2D eigenvalue weighted by molar-refractivity contribution is -0.135. The van der Waals surface area contributed by atoms with Gasteiger partial charge in [-0.1, -0.05) is 40.5 Å². The number of nitrogens with one attached hydrogen (secondary N) is 1. The molecule has 1 heterocycles. The number of ether oxygens (including phenoxy) is 1. The molecule has 1 fully saturated rings. The smallest absolute Gasteiger partial charge is 0.407 e. The van der Waals surface area contributed by atoms with E-state index < -0.39 is 17.6 Å². The third kappa shape index (κ3) is 5.59. The van der Waals surface area contributed by atoms with E-state index in [4.69, 9.17) is 0 Å². The summed E-state index contributed by atoms with van der Waals surface area (Å²) in [7, 11) is 1.29. The Bertz CT molecular complexity index is 429. The minimum absolute atomic E-state index is 0.0446. The summed E-state index contributed by atoms with van der Waals surface area (Å²) < 4.78 is 4.61. The molecule has 1 aliphatic heterocycles. The maximum atomic E-state index is 12.7. The van der Waals surface area contributed by atoms with Crippen molar-refractivity contribution in [2.45, 2.75) is 66.5 Å². The first-order chi connectivity index (χ1) is 10.3. The molecule has 0 aromatic carbocycles. The Kier molecular flexibility index (Phi) is 8.62. The first-order valence-corrected chi connectivity index (χ1v) is 7.88. The number of carbonyl (C=O) groups excluding carboxylic acids is 2. The molecule has 126 valence electrons. The second-order valence-corrected chi connectivity index (χ2v) is 6.02. The van der Waals surface area contributed by atoms with E-state index in [0.717, 1.165) is 12.8 Å². The molecule has 0 aromatic heterocycles. The van der Waals surface area contributed by atoms with Gasteiger partial charge in [0.05, 0.1) is 13.2 Å². The monoisotopic (exact) mass is 310 g/mol. The first kappa shape index (κ1) is 20.3. The fourth-order valence-electron chi connectivity index (χ4n) is 2.34. The van der Waals surface area contributed by atoms with Crippen LogP contribution in [0.4, 0.5) is 4.79 Å². The Labute approximate surface area is 134 Å². The SMILES string of the molecule is CC.CC#CC1CCCN1C(=O)C(NC(=O)OC)C(C)(C)C. The maximum absolute atomic E-state index is 12.7. The van der Waals surface area contributed by atoms with Crippen LogP contribution in [-0.2, 0) is 9.53 Å². The van der Waals surface area contributed by atoms with Gasteiger partial charge < -0.3 is 15.0 Å². The number of hydrogen-bond acceptors (Lipinski definition) is 3. The number of methoxy groups -OCH3 is 1. The van der Waals surface area contributed by atoms with Gasteiger partial charge in [-0.15, -0.1) is 5.92 Å². The van der Waals surface area contributed by atoms with E-state index in [-0.39, 0.29) is 11.9 Å². The highest BCUT2D eigenvalue weighted by molar-refractivity contribution is 5.87. The summed E-state index contributed by atoms with van der Waals surface area (Å²) in [5.74, 6) is 5.84. The molecule has 22 heavy (non-hydrogen) atoms. The van der Waals surface area contributed by atoms with Gasteiger partial charge in [0.2, 0.25) is 5.91 Å². The van der Waals surface area contributed by atoms with Crippen molar-refractivity contribution >= 4 is 12.0 Å². The van der Waals surface area contributed by atoms with Crippen LogP contribution in [0, 0.1) is 17.3 Å². The van der Waals surface area contributed by atoms with Gasteiger partial charge in [0, 0.05) is 6.54 Å². The molecule has 2 amide bonds. The Hall–Kier alpha value is -1.70. The zero-order chi connectivity index (χ0) is 17.3. The lowest BCUT2D eigenvalue weighted by Crippen LogP contribution is -2.55. The van der Waals surface area contributed by atoms with Crippen molar-refractivity contribution < 1.29 is 14.3 Å². The average molecular weight is 310 g/mol. The van der Waals surface area contributed by atoms with Crippen molar-refractivity contribution in [3.63, 3.8) is 0 Å². The standard InChI is InChI=1S/C15H24N2O3.C2H6/c1-6-8-11-9-7-10-17(11)13(18)12(15(2,3)4)16-14(19)20-5;1-2/h11-12H,7,9-10H2,1-5H3,(H,16,19);1-2H3. The largest absolute Gasteiger partial charge is 0.453 e. The summed E-state index contributed by atoms with van der Waals surface area (Å²) in [5.41, 5.74) is -0.391. The highest BCUT2D eigenvalue weighted by Gasteiger charge is 2.39. The molecule has 0 aliphatic carbocycles. The molecular formula is C17H30N2O3. The van der Waals surface area contributed by atoms with Gasteiger partial charge in [-0.2, -0.15) is 0 Å². The molecular weight excluding hydrogens is 280 g/mol. The van der Waals surface area contributed by atoms with Gasteiger partial charge in [0.1, 0.15) is 6.04 Å². The number of likely N-dealkylation sites (tertiary alicyclic amines) is 1. The highest BCUT2D eigenvalue weighted by Crippen LogP contribution is 2.25. The lowest BCUT2D eigenvalue weighted by atomic mass is 9.85. The predicted molar refractivity (Wildman–Crippen MR) is 88.3 cm³/mol. The number of amides is 2. The summed E-state index contributed by atoms with van der Waals surface area (Å²) >= 11 is 0. The molecule has 1 rings (SSSR count). The van der Waals surface area contributed by atoms with E-state index in [1.54, 1.807) is 11.8 Å². The molecule has 0 spiro atoms. The van der Waals surface area contributed by atoms with Gasteiger partial charge in [-0.25, -0.2) is 4.79 Å². The summed E-state index contributed by atoms with van der Waals surface area (Å²) in [4.78, 5) is 25.9. The van der Waals surface area contributed by atoms with Crippen molar-refractivity contribution in [2.24, 2.45) is 5.41 Å².